The number of anilines is 2. The molecule has 2 aliphatic heterocycles. The molecule has 1 amide bonds. The Kier molecular flexibility index (Phi) is 6.74. The van der Waals surface area contributed by atoms with Crippen molar-refractivity contribution < 1.29 is 18.0 Å². The standard InChI is InChI=1S/C25H31ClF3N5O/c26-21-14-19(25(27,28)29)2-3-22(21)32-23(35)24(8-1-9-24)34-16-20(15-31-34)33-12-6-18(7-13-33)17-4-10-30-11-5-17/h2-3,14-18,30H,1,4-13H2,(H,32,35). The highest BCUT2D eigenvalue weighted by Crippen LogP contribution is 2.42. The molecule has 1 aliphatic carbocycles. The average Bonchev–Trinajstić information content (AvgIpc) is 3.30. The van der Waals surface area contributed by atoms with Gasteiger partial charge >= 0.3 is 6.18 Å². The molecule has 1 aromatic carbocycles. The minimum absolute atomic E-state index is 0.138. The molecule has 3 heterocycles. The van der Waals surface area contributed by atoms with Gasteiger partial charge in [0.2, 0.25) is 0 Å². The molecule has 2 aromatic rings. The number of piperidine rings is 2. The summed E-state index contributed by atoms with van der Waals surface area (Å²) < 4.78 is 40.6. The van der Waals surface area contributed by atoms with E-state index in [4.69, 9.17) is 11.6 Å². The van der Waals surface area contributed by atoms with Crippen LogP contribution in [-0.2, 0) is 16.5 Å². The lowest BCUT2D eigenvalue weighted by atomic mass is 9.76. The highest BCUT2D eigenvalue weighted by molar-refractivity contribution is 6.33. The van der Waals surface area contributed by atoms with Crippen molar-refractivity contribution >= 4 is 28.9 Å². The Morgan fingerprint density at radius 2 is 1.80 bits per heavy atom. The Balaban J connectivity index is 1.25. The third-order valence-corrected chi connectivity index (χ3v) is 8.42. The van der Waals surface area contributed by atoms with Gasteiger partial charge in [-0.2, -0.15) is 18.3 Å². The third kappa shape index (κ3) is 4.89. The van der Waals surface area contributed by atoms with E-state index in [0.717, 1.165) is 62.3 Å². The smallest absolute Gasteiger partial charge is 0.369 e. The first kappa shape index (κ1) is 24.4. The van der Waals surface area contributed by atoms with E-state index in [9.17, 15) is 18.0 Å². The van der Waals surface area contributed by atoms with E-state index in [0.29, 0.717) is 12.8 Å². The van der Waals surface area contributed by atoms with E-state index in [1.807, 2.05) is 12.4 Å². The number of hydrogen-bond donors (Lipinski definition) is 2. The lowest BCUT2D eigenvalue weighted by Crippen LogP contribution is -2.51. The van der Waals surface area contributed by atoms with Crippen molar-refractivity contribution in [2.75, 3.05) is 36.4 Å². The molecule has 1 aromatic heterocycles. The molecule has 1 saturated carbocycles. The van der Waals surface area contributed by atoms with Gasteiger partial charge in [-0.15, -0.1) is 0 Å². The van der Waals surface area contributed by atoms with E-state index in [-0.39, 0.29) is 16.6 Å². The molecule has 35 heavy (non-hydrogen) atoms. The van der Waals surface area contributed by atoms with E-state index in [1.165, 1.54) is 31.7 Å². The summed E-state index contributed by atoms with van der Waals surface area (Å²) in [5.41, 5.74) is -0.513. The SMILES string of the molecule is O=C(Nc1ccc(C(F)(F)F)cc1Cl)C1(n2cc(N3CCC(C4CCNCC4)CC3)cn2)CCC1. The number of carbonyl (C=O) groups excluding carboxylic acids is 1. The van der Waals surface area contributed by atoms with Crippen LogP contribution in [0.5, 0.6) is 0 Å². The van der Waals surface area contributed by atoms with Crippen molar-refractivity contribution in [3.05, 3.63) is 41.2 Å². The first-order valence-electron chi connectivity index (χ1n) is 12.5. The van der Waals surface area contributed by atoms with Gasteiger partial charge in [-0.1, -0.05) is 11.6 Å². The van der Waals surface area contributed by atoms with Gasteiger partial charge in [-0.05, 0) is 88.1 Å². The summed E-state index contributed by atoms with van der Waals surface area (Å²) in [6.45, 7) is 4.22. The third-order valence-electron chi connectivity index (χ3n) is 8.11. The summed E-state index contributed by atoms with van der Waals surface area (Å²) >= 11 is 6.06. The predicted octanol–water partition coefficient (Wildman–Crippen LogP) is 5.29. The minimum atomic E-state index is -4.49. The van der Waals surface area contributed by atoms with E-state index in [1.54, 1.807) is 4.68 Å². The van der Waals surface area contributed by atoms with Crippen LogP contribution in [0.1, 0.15) is 50.5 Å². The fraction of sp³-hybridized carbons (Fsp3) is 0.600. The number of halogens is 4. The number of rotatable bonds is 5. The molecule has 5 rings (SSSR count). The Hall–Kier alpha value is -2.26. The topological polar surface area (TPSA) is 62.2 Å². The molecule has 0 atom stereocenters. The van der Waals surface area contributed by atoms with Crippen LogP contribution in [0.2, 0.25) is 5.02 Å². The Morgan fingerprint density at radius 1 is 1.11 bits per heavy atom. The summed E-state index contributed by atoms with van der Waals surface area (Å²) in [6.07, 6.45) is 6.28. The van der Waals surface area contributed by atoms with Crippen LogP contribution in [0.15, 0.2) is 30.6 Å². The first-order chi connectivity index (χ1) is 16.8. The number of amides is 1. The van der Waals surface area contributed by atoms with Crippen LogP contribution < -0.4 is 15.5 Å². The van der Waals surface area contributed by atoms with Crippen LogP contribution in [0, 0.1) is 11.8 Å². The number of carbonyl (C=O) groups is 1. The second-order valence-corrected chi connectivity index (χ2v) is 10.5. The molecule has 3 fully saturated rings. The van der Waals surface area contributed by atoms with Gasteiger partial charge in [-0.25, -0.2) is 0 Å². The zero-order valence-electron chi connectivity index (χ0n) is 19.6. The molecule has 0 bridgehead atoms. The quantitative estimate of drug-likeness (QED) is 0.575. The van der Waals surface area contributed by atoms with E-state index >= 15 is 0 Å². The van der Waals surface area contributed by atoms with Crippen molar-refractivity contribution in [3.8, 4) is 0 Å². The monoisotopic (exact) mass is 509 g/mol. The van der Waals surface area contributed by atoms with Crippen LogP contribution in [0.25, 0.3) is 0 Å². The minimum Gasteiger partial charge on any atom is -0.369 e. The van der Waals surface area contributed by atoms with Gasteiger partial charge in [0.15, 0.2) is 0 Å². The molecule has 0 spiro atoms. The number of alkyl halides is 3. The zero-order valence-corrected chi connectivity index (χ0v) is 20.3. The van der Waals surface area contributed by atoms with E-state index in [2.05, 4.69) is 20.6 Å². The van der Waals surface area contributed by atoms with Crippen molar-refractivity contribution in [2.45, 2.75) is 56.7 Å². The first-order valence-corrected chi connectivity index (χ1v) is 12.8. The van der Waals surface area contributed by atoms with Crippen molar-refractivity contribution in [1.82, 2.24) is 15.1 Å². The van der Waals surface area contributed by atoms with Crippen molar-refractivity contribution in [1.29, 1.82) is 0 Å². The van der Waals surface area contributed by atoms with Crippen LogP contribution in [0.4, 0.5) is 24.5 Å². The molecule has 6 nitrogen and oxygen atoms in total. The molecule has 0 unspecified atom stereocenters. The largest absolute Gasteiger partial charge is 0.416 e. The van der Waals surface area contributed by atoms with Gasteiger partial charge in [-0.3, -0.25) is 9.48 Å². The Labute approximate surface area is 208 Å². The molecule has 3 aliphatic rings. The molecule has 10 heteroatoms. The number of nitrogens with zero attached hydrogens (tertiary/aromatic N) is 3. The fourth-order valence-electron chi connectivity index (χ4n) is 5.76. The van der Waals surface area contributed by atoms with Gasteiger partial charge < -0.3 is 15.5 Å². The molecular formula is C25H31ClF3N5O. The van der Waals surface area contributed by atoms with Gasteiger partial charge in [0, 0.05) is 19.3 Å². The molecule has 2 N–H and O–H groups in total. The summed E-state index contributed by atoms with van der Waals surface area (Å²) in [5, 5.41) is 10.6. The predicted molar refractivity (Wildman–Crippen MR) is 130 cm³/mol. The Bertz CT molecular complexity index is 1050. The number of nitrogens with one attached hydrogen (secondary N) is 2. The highest BCUT2D eigenvalue weighted by atomic mass is 35.5. The number of aromatic nitrogens is 2. The molecule has 0 radical (unpaired) electrons. The number of hydrogen-bond acceptors (Lipinski definition) is 4. The van der Waals surface area contributed by atoms with Crippen molar-refractivity contribution in [3.63, 3.8) is 0 Å². The van der Waals surface area contributed by atoms with E-state index < -0.39 is 17.3 Å². The summed E-state index contributed by atoms with van der Waals surface area (Å²) in [7, 11) is 0. The van der Waals surface area contributed by atoms with Crippen LogP contribution >= 0.6 is 11.6 Å². The van der Waals surface area contributed by atoms with Crippen molar-refractivity contribution in [2.24, 2.45) is 11.8 Å². The lowest BCUT2D eigenvalue weighted by Gasteiger charge is -2.40. The van der Waals surface area contributed by atoms with Gasteiger partial charge in [0.25, 0.3) is 5.91 Å². The summed E-state index contributed by atoms with van der Waals surface area (Å²) in [4.78, 5) is 15.6. The molecule has 190 valence electrons. The van der Waals surface area contributed by atoms with Crippen LogP contribution in [0.3, 0.4) is 0 Å². The maximum absolute atomic E-state index is 13.3. The lowest BCUT2D eigenvalue weighted by molar-refractivity contribution is -0.137. The second kappa shape index (κ2) is 9.65. The zero-order chi connectivity index (χ0) is 24.6. The van der Waals surface area contributed by atoms with Crippen LogP contribution in [-0.4, -0.2) is 41.9 Å². The van der Waals surface area contributed by atoms with Gasteiger partial charge in [0.1, 0.15) is 5.54 Å². The summed E-state index contributed by atoms with van der Waals surface area (Å²) in [6, 6.07) is 2.97. The molecule has 2 saturated heterocycles. The Morgan fingerprint density at radius 3 is 2.40 bits per heavy atom. The maximum Gasteiger partial charge on any atom is 0.416 e. The maximum atomic E-state index is 13.3. The van der Waals surface area contributed by atoms with Gasteiger partial charge in [0.05, 0.1) is 28.2 Å². The second-order valence-electron chi connectivity index (χ2n) is 10.1. The highest BCUT2D eigenvalue weighted by Gasteiger charge is 2.47. The molecular weight excluding hydrogens is 479 g/mol. The average molecular weight is 510 g/mol. The fourth-order valence-corrected chi connectivity index (χ4v) is 5.99. The normalized spacial score (nSPS) is 21.5. The summed E-state index contributed by atoms with van der Waals surface area (Å²) in [5.74, 6) is 1.30. The number of benzene rings is 1.